The van der Waals surface area contributed by atoms with Crippen molar-refractivity contribution in [3.05, 3.63) is 23.7 Å². The van der Waals surface area contributed by atoms with Crippen LogP contribution in [0.2, 0.25) is 0 Å². The zero-order valence-electron chi connectivity index (χ0n) is 8.55. The molecule has 13 heavy (non-hydrogen) atoms. The third-order valence-corrected chi connectivity index (χ3v) is 1.84. The van der Waals surface area contributed by atoms with Gasteiger partial charge >= 0.3 is 0 Å². The summed E-state index contributed by atoms with van der Waals surface area (Å²) in [6.07, 6.45) is 1.78. The first-order valence-electron chi connectivity index (χ1n) is 4.55. The monoisotopic (exact) mass is 177 g/mol. The molecule has 0 aromatic carbocycles. The van der Waals surface area contributed by atoms with Crippen molar-refractivity contribution in [2.24, 2.45) is 0 Å². The Balaban J connectivity index is 0.000000396. The van der Waals surface area contributed by atoms with Crippen LogP contribution in [0.4, 0.5) is 0 Å². The average molecular weight is 177 g/mol. The second-order valence-electron chi connectivity index (χ2n) is 2.64. The predicted molar refractivity (Wildman–Crippen MR) is 54.7 cm³/mol. The number of pyridine rings is 1. The van der Waals surface area contributed by atoms with Crippen molar-refractivity contribution >= 4 is 10.9 Å². The van der Waals surface area contributed by atoms with E-state index in [9.17, 15) is 0 Å². The second-order valence-corrected chi connectivity index (χ2v) is 2.64. The molecular formula is C10H15N3. The third kappa shape index (κ3) is 1.69. The molecule has 0 bridgehead atoms. The summed E-state index contributed by atoms with van der Waals surface area (Å²) in [5, 5.41) is 8.19. The van der Waals surface area contributed by atoms with Crippen LogP contribution in [0.25, 0.3) is 10.9 Å². The molecule has 0 amide bonds. The van der Waals surface area contributed by atoms with Crippen LogP contribution < -0.4 is 0 Å². The fourth-order valence-electron chi connectivity index (χ4n) is 1.31. The molecule has 0 aliphatic carbocycles. The number of nitrogens with zero attached hydrogens (tertiary/aromatic N) is 2. The summed E-state index contributed by atoms with van der Waals surface area (Å²) in [5.74, 6) is 0. The summed E-state index contributed by atoms with van der Waals surface area (Å²) in [7, 11) is 0. The molecule has 0 radical (unpaired) electrons. The quantitative estimate of drug-likeness (QED) is 0.672. The van der Waals surface area contributed by atoms with E-state index in [0.29, 0.717) is 0 Å². The Hall–Kier alpha value is -1.38. The molecule has 3 heteroatoms. The Labute approximate surface area is 78.2 Å². The fourth-order valence-corrected chi connectivity index (χ4v) is 1.31. The predicted octanol–water partition coefficient (Wildman–Crippen LogP) is 2.60. The number of nitrogens with one attached hydrogen (secondary N) is 1. The van der Waals surface area contributed by atoms with Crippen molar-refractivity contribution in [2.45, 2.75) is 27.7 Å². The van der Waals surface area contributed by atoms with Gasteiger partial charge in [-0.15, -0.1) is 0 Å². The lowest BCUT2D eigenvalue weighted by Crippen LogP contribution is -1.81. The van der Waals surface area contributed by atoms with Gasteiger partial charge in [0.1, 0.15) is 0 Å². The highest BCUT2D eigenvalue weighted by Gasteiger charge is 2.02. The topological polar surface area (TPSA) is 41.6 Å². The smallest absolute Gasteiger partial charge is 0.0957 e. The summed E-state index contributed by atoms with van der Waals surface area (Å²) in [6.45, 7) is 7.99. The molecule has 3 nitrogen and oxygen atoms in total. The number of hydrogen-bond acceptors (Lipinski definition) is 2. The van der Waals surface area contributed by atoms with Crippen LogP contribution in [0.1, 0.15) is 25.2 Å². The maximum atomic E-state index is 4.18. The van der Waals surface area contributed by atoms with Crippen LogP contribution in [-0.2, 0) is 0 Å². The fraction of sp³-hybridized carbons (Fsp3) is 0.400. The van der Waals surface area contributed by atoms with Crippen molar-refractivity contribution in [3.63, 3.8) is 0 Å². The minimum absolute atomic E-state index is 0.995. The Morgan fingerprint density at radius 2 is 1.92 bits per heavy atom. The van der Waals surface area contributed by atoms with E-state index in [4.69, 9.17) is 0 Å². The molecular weight excluding hydrogens is 162 g/mol. The number of H-pyrrole nitrogens is 1. The maximum absolute atomic E-state index is 4.18. The lowest BCUT2D eigenvalue weighted by molar-refractivity contribution is 1.07. The number of rotatable bonds is 0. The molecule has 2 aromatic rings. The van der Waals surface area contributed by atoms with Gasteiger partial charge in [0.25, 0.3) is 0 Å². The van der Waals surface area contributed by atoms with Gasteiger partial charge in [-0.2, -0.15) is 5.10 Å². The van der Waals surface area contributed by atoms with Crippen LogP contribution >= 0.6 is 0 Å². The van der Waals surface area contributed by atoms with Crippen LogP contribution in [0.15, 0.2) is 12.3 Å². The van der Waals surface area contributed by atoms with Crippen molar-refractivity contribution in [1.29, 1.82) is 0 Å². The van der Waals surface area contributed by atoms with E-state index in [1.807, 2.05) is 33.8 Å². The molecule has 2 heterocycles. The Kier molecular flexibility index (Phi) is 3.01. The molecule has 0 saturated heterocycles. The van der Waals surface area contributed by atoms with Gasteiger partial charge in [0.2, 0.25) is 0 Å². The first kappa shape index (κ1) is 9.71. The van der Waals surface area contributed by atoms with Crippen LogP contribution in [-0.4, -0.2) is 15.2 Å². The molecule has 0 unspecified atom stereocenters. The minimum Gasteiger partial charge on any atom is -0.282 e. The Morgan fingerprint density at radius 3 is 2.54 bits per heavy atom. The number of aryl methyl sites for hydroxylation is 2. The van der Waals surface area contributed by atoms with Gasteiger partial charge in [0, 0.05) is 23.0 Å². The van der Waals surface area contributed by atoms with Crippen molar-refractivity contribution in [2.75, 3.05) is 0 Å². The van der Waals surface area contributed by atoms with Crippen LogP contribution in [0.3, 0.4) is 0 Å². The molecule has 2 rings (SSSR count). The molecule has 1 N–H and O–H groups in total. The molecule has 0 aliphatic rings. The van der Waals surface area contributed by atoms with Gasteiger partial charge in [0.05, 0.1) is 5.52 Å². The summed E-state index contributed by atoms with van der Waals surface area (Å²) >= 11 is 0. The molecule has 0 spiro atoms. The summed E-state index contributed by atoms with van der Waals surface area (Å²) in [5.41, 5.74) is 3.12. The van der Waals surface area contributed by atoms with Crippen molar-refractivity contribution in [1.82, 2.24) is 15.2 Å². The van der Waals surface area contributed by atoms with Gasteiger partial charge in [0.15, 0.2) is 0 Å². The highest BCUT2D eigenvalue weighted by atomic mass is 15.1. The average Bonchev–Trinajstić information content (AvgIpc) is 2.53. The Morgan fingerprint density at radius 1 is 1.23 bits per heavy atom. The first-order valence-corrected chi connectivity index (χ1v) is 4.55. The second kappa shape index (κ2) is 4.03. The van der Waals surface area contributed by atoms with E-state index >= 15 is 0 Å². The number of aromatic amines is 1. The van der Waals surface area contributed by atoms with Crippen molar-refractivity contribution in [3.8, 4) is 0 Å². The van der Waals surface area contributed by atoms with E-state index in [1.165, 1.54) is 0 Å². The maximum Gasteiger partial charge on any atom is 0.0957 e. The van der Waals surface area contributed by atoms with Gasteiger partial charge in [-0.1, -0.05) is 13.8 Å². The minimum atomic E-state index is 0.995. The number of aromatic nitrogens is 3. The van der Waals surface area contributed by atoms with E-state index in [-0.39, 0.29) is 0 Å². The summed E-state index contributed by atoms with van der Waals surface area (Å²) in [6, 6.07) is 1.91. The molecule has 2 aromatic heterocycles. The van der Waals surface area contributed by atoms with E-state index in [0.717, 1.165) is 22.3 Å². The highest BCUT2D eigenvalue weighted by Crippen LogP contribution is 2.16. The molecule has 0 saturated carbocycles. The van der Waals surface area contributed by atoms with Gasteiger partial charge < -0.3 is 0 Å². The SMILES string of the molecule is CC.Cc1nccc2n[nH]c(C)c12. The van der Waals surface area contributed by atoms with E-state index < -0.39 is 0 Å². The molecule has 0 fully saturated rings. The molecule has 0 atom stereocenters. The van der Waals surface area contributed by atoms with Crippen LogP contribution in [0, 0.1) is 13.8 Å². The Bertz CT molecular complexity index is 390. The molecule has 70 valence electrons. The largest absolute Gasteiger partial charge is 0.282 e. The summed E-state index contributed by atoms with van der Waals surface area (Å²) < 4.78 is 0. The zero-order chi connectivity index (χ0) is 9.84. The normalized spacial score (nSPS) is 9.54. The number of fused-ring (bicyclic) bond motifs is 1. The van der Waals surface area contributed by atoms with Gasteiger partial charge in [-0.05, 0) is 19.9 Å². The molecule has 0 aliphatic heterocycles. The van der Waals surface area contributed by atoms with Crippen LogP contribution in [0.5, 0.6) is 0 Å². The van der Waals surface area contributed by atoms with E-state index in [2.05, 4.69) is 15.2 Å². The van der Waals surface area contributed by atoms with Gasteiger partial charge in [-0.3, -0.25) is 10.1 Å². The number of hydrogen-bond donors (Lipinski definition) is 1. The highest BCUT2D eigenvalue weighted by molar-refractivity contribution is 5.82. The first-order chi connectivity index (χ1) is 6.29. The zero-order valence-corrected chi connectivity index (χ0v) is 8.55. The van der Waals surface area contributed by atoms with E-state index in [1.54, 1.807) is 6.20 Å². The van der Waals surface area contributed by atoms with Crippen molar-refractivity contribution < 1.29 is 0 Å². The lowest BCUT2D eigenvalue weighted by Gasteiger charge is -1.92. The lowest BCUT2D eigenvalue weighted by atomic mass is 10.2. The summed E-state index contributed by atoms with van der Waals surface area (Å²) in [4.78, 5) is 4.18. The standard InChI is InChI=1S/C8H9N3.C2H6/c1-5-8-6(2)10-11-7(8)3-4-9-5;1-2/h3-4H,1-2H3,(H,10,11);1-2H3. The van der Waals surface area contributed by atoms with Gasteiger partial charge in [-0.25, -0.2) is 0 Å². The third-order valence-electron chi connectivity index (χ3n) is 1.84.